The van der Waals surface area contributed by atoms with Gasteiger partial charge in [0.2, 0.25) is 21.8 Å². The monoisotopic (exact) mass is 472 g/mol. The fraction of sp³-hybridized carbons (Fsp3) is 0.438. The van der Waals surface area contributed by atoms with Crippen LogP contribution in [0, 0.1) is 5.92 Å². The summed E-state index contributed by atoms with van der Waals surface area (Å²) in [6.07, 6.45) is -3.16. The lowest BCUT2D eigenvalue weighted by molar-refractivity contribution is -0.192. The molecule has 31 heavy (non-hydrogen) atoms. The number of carbonyl (C=O) groups excluding carboxylic acids is 1. The van der Waals surface area contributed by atoms with E-state index >= 15 is 0 Å². The molecule has 1 aromatic heterocycles. The van der Waals surface area contributed by atoms with Crippen molar-refractivity contribution in [2.75, 3.05) is 26.2 Å². The first kappa shape index (κ1) is 26.3. The quantitative estimate of drug-likeness (QED) is 0.480. The van der Waals surface area contributed by atoms with Gasteiger partial charge in [0.05, 0.1) is 18.4 Å². The van der Waals surface area contributed by atoms with E-state index in [1.165, 1.54) is 16.4 Å². The van der Waals surface area contributed by atoms with Crippen molar-refractivity contribution < 1.29 is 45.4 Å². The molecule has 0 unspecified atom stereocenters. The van der Waals surface area contributed by atoms with Crippen LogP contribution in [0.4, 0.5) is 17.6 Å². The third-order valence-electron chi connectivity index (χ3n) is 3.96. The molecule has 10 nitrogen and oxygen atoms in total. The molecule has 1 fully saturated rings. The molecule has 5 N–H and O–H groups in total. The Bertz CT molecular complexity index is 906. The first-order chi connectivity index (χ1) is 14.3. The van der Waals surface area contributed by atoms with E-state index in [0.717, 1.165) is 6.20 Å². The molecule has 1 aromatic rings. The number of carbonyl (C=O) groups is 2. The highest BCUT2D eigenvalue weighted by Gasteiger charge is 2.38. The number of aliphatic carboxylic acids is 1. The fourth-order valence-corrected chi connectivity index (χ4v) is 3.68. The molecular formula is C16H20F4N4O6S. The molecule has 1 saturated heterocycles. The number of aromatic nitrogens is 1. The third kappa shape index (κ3) is 7.76. The molecule has 0 radical (unpaired) electrons. The van der Waals surface area contributed by atoms with Crippen molar-refractivity contribution in [3.8, 4) is 5.88 Å². The van der Waals surface area contributed by atoms with Gasteiger partial charge in [0.1, 0.15) is 11.5 Å². The van der Waals surface area contributed by atoms with Gasteiger partial charge >= 0.3 is 12.1 Å². The maximum Gasteiger partial charge on any atom is 0.490 e. The van der Waals surface area contributed by atoms with Crippen LogP contribution in [0.3, 0.4) is 0 Å². The summed E-state index contributed by atoms with van der Waals surface area (Å²) in [5.74, 6) is -3.59. The highest BCUT2D eigenvalue weighted by atomic mass is 32.2. The van der Waals surface area contributed by atoms with Crippen LogP contribution in [0.5, 0.6) is 5.88 Å². The molecule has 1 atom stereocenters. The molecule has 0 saturated carbocycles. The van der Waals surface area contributed by atoms with Crippen molar-refractivity contribution in [3.05, 3.63) is 30.2 Å². The van der Waals surface area contributed by atoms with Crippen LogP contribution in [-0.2, 0) is 19.6 Å². The number of hydrogen-bond donors (Lipinski definition) is 3. The zero-order chi connectivity index (χ0) is 23.8. The van der Waals surface area contributed by atoms with Gasteiger partial charge in [-0.15, -0.1) is 0 Å². The Morgan fingerprint density at radius 3 is 2.35 bits per heavy atom. The lowest BCUT2D eigenvalue weighted by Gasteiger charge is -2.16. The molecule has 2 heterocycles. The van der Waals surface area contributed by atoms with Crippen LogP contribution in [0.2, 0.25) is 0 Å². The number of nitrogens with two attached hydrogens (primary N) is 2. The van der Waals surface area contributed by atoms with Crippen LogP contribution in [0.1, 0.15) is 6.42 Å². The van der Waals surface area contributed by atoms with Gasteiger partial charge in [-0.05, 0) is 12.5 Å². The number of amides is 1. The number of alkyl halides is 3. The average Bonchev–Trinajstić information content (AvgIpc) is 3.20. The smallest absolute Gasteiger partial charge is 0.475 e. The first-order valence-electron chi connectivity index (χ1n) is 8.49. The Kier molecular flexibility index (Phi) is 9.33. The second-order valence-electron chi connectivity index (χ2n) is 6.15. The summed E-state index contributed by atoms with van der Waals surface area (Å²) in [7, 11) is -3.75. The number of hydrogen-bond acceptors (Lipinski definition) is 7. The summed E-state index contributed by atoms with van der Waals surface area (Å²) >= 11 is 0. The number of rotatable bonds is 7. The number of nitrogens with zero attached hydrogens (tertiary/aromatic N) is 2. The summed E-state index contributed by atoms with van der Waals surface area (Å²) < 4.78 is 75.5. The van der Waals surface area contributed by atoms with Crippen molar-refractivity contribution in [1.82, 2.24) is 9.29 Å². The zero-order valence-corrected chi connectivity index (χ0v) is 16.7. The fourth-order valence-electron chi connectivity index (χ4n) is 2.23. The van der Waals surface area contributed by atoms with Gasteiger partial charge in [0.15, 0.2) is 0 Å². The van der Waals surface area contributed by atoms with Gasteiger partial charge in [0, 0.05) is 31.3 Å². The molecular weight excluding hydrogens is 452 g/mol. The summed E-state index contributed by atoms with van der Waals surface area (Å²) in [6, 6.07) is 2.72. The minimum atomic E-state index is -5.08. The predicted molar refractivity (Wildman–Crippen MR) is 97.7 cm³/mol. The Labute approximate surface area is 174 Å². The van der Waals surface area contributed by atoms with Crippen LogP contribution in [0.25, 0.3) is 0 Å². The number of sulfonamides is 1. The first-order valence-corrected chi connectivity index (χ1v) is 9.93. The number of pyridine rings is 1. The van der Waals surface area contributed by atoms with Crippen LogP contribution >= 0.6 is 0 Å². The Hall–Kier alpha value is -2.78. The van der Waals surface area contributed by atoms with Gasteiger partial charge in [-0.3, -0.25) is 4.79 Å². The highest BCUT2D eigenvalue weighted by Crippen LogP contribution is 2.24. The van der Waals surface area contributed by atoms with Crippen molar-refractivity contribution >= 4 is 21.9 Å². The SMILES string of the molecule is NC/C(=C\F)COc1ccc(S(=O)(=O)N2CC[C@@H](C(N)=O)C2)cn1.O=C(O)C(F)(F)F. The number of halogens is 4. The van der Waals surface area contributed by atoms with Gasteiger partial charge in [-0.2, -0.15) is 17.5 Å². The van der Waals surface area contributed by atoms with Crippen molar-refractivity contribution in [3.63, 3.8) is 0 Å². The van der Waals surface area contributed by atoms with Gasteiger partial charge in [-0.1, -0.05) is 0 Å². The highest BCUT2D eigenvalue weighted by molar-refractivity contribution is 7.89. The summed E-state index contributed by atoms with van der Waals surface area (Å²) in [5, 5.41) is 7.12. The number of ether oxygens (including phenoxy) is 1. The maximum absolute atomic E-state index is 12.5. The van der Waals surface area contributed by atoms with Crippen molar-refractivity contribution in [1.29, 1.82) is 0 Å². The zero-order valence-electron chi connectivity index (χ0n) is 15.9. The minimum absolute atomic E-state index is 0.0128. The molecule has 0 bridgehead atoms. The molecule has 1 amide bonds. The summed E-state index contributed by atoms with van der Waals surface area (Å²) in [4.78, 5) is 23.9. The van der Waals surface area contributed by atoms with Crippen molar-refractivity contribution in [2.24, 2.45) is 17.4 Å². The van der Waals surface area contributed by atoms with Crippen LogP contribution in [-0.4, -0.2) is 67.1 Å². The topological polar surface area (TPSA) is 166 Å². The summed E-state index contributed by atoms with van der Waals surface area (Å²) in [6.45, 7) is 0.240. The van der Waals surface area contributed by atoms with E-state index in [1.54, 1.807) is 0 Å². The van der Waals surface area contributed by atoms with Crippen LogP contribution in [0.15, 0.2) is 35.1 Å². The minimum Gasteiger partial charge on any atom is -0.475 e. The molecule has 1 aliphatic rings. The van der Waals surface area contributed by atoms with Crippen molar-refractivity contribution in [2.45, 2.75) is 17.5 Å². The third-order valence-corrected chi connectivity index (χ3v) is 5.81. The largest absolute Gasteiger partial charge is 0.490 e. The molecule has 0 aromatic carbocycles. The normalized spacial score (nSPS) is 17.6. The molecule has 2 rings (SSSR count). The molecule has 15 heteroatoms. The molecule has 0 aliphatic carbocycles. The molecule has 174 valence electrons. The summed E-state index contributed by atoms with van der Waals surface area (Å²) in [5.41, 5.74) is 10.8. The van der Waals surface area contributed by atoms with Gasteiger partial charge in [0.25, 0.3) is 0 Å². The lowest BCUT2D eigenvalue weighted by atomic mass is 10.1. The van der Waals surface area contributed by atoms with E-state index in [0.29, 0.717) is 12.8 Å². The van der Waals surface area contributed by atoms with E-state index in [9.17, 15) is 30.8 Å². The Morgan fingerprint density at radius 1 is 1.35 bits per heavy atom. The van der Waals surface area contributed by atoms with E-state index in [2.05, 4.69) is 4.98 Å². The van der Waals surface area contributed by atoms with Gasteiger partial charge in [-0.25, -0.2) is 22.6 Å². The second-order valence-corrected chi connectivity index (χ2v) is 8.08. The van der Waals surface area contributed by atoms with E-state index in [4.69, 9.17) is 26.1 Å². The maximum atomic E-state index is 12.5. The molecule has 1 aliphatic heterocycles. The van der Waals surface area contributed by atoms with E-state index < -0.39 is 34.0 Å². The van der Waals surface area contributed by atoms with Crippen LogP contribution < -0.4 is 16.2 Å². The lowest BCUT2D eigenvalue weighted by Crippen LogP contribution is -2.31. The number of carboxylic acid groups (broad SMARTS) is 1. The Morgan fingerprint density at radius 2 is 1.97 bits per heavy atom. The average molecular weight is 472 g/mol. The van der Waals surface area contributed by atoms with E-state index in [-0.39, 0.29) is 42.6 Å². The van der Waals surface area contributed by atoms with E-state index in [1.807, 2.05) is 0 Å². The second kappa shape index (κ2) is 11.0. The predicted octanol–water partition coefficient (Wildman–Crippen LogP) is 0.402. The number of primary amides is 1. The number of carboxylic acids is 1. The van der Waals surface area contributed by atoms with Gasteiger partial charge < -0.3 is 21.3 Å². The standard InChI is InChI=1S/C14H19FN4O4S.C2HF3O2/c15-5-10(6-16)9-23-13-2-1-12(7-18-13)24(21,22)19-4-3-11(8-19)14(17)20;3-2(4,5)1(6)7/h1-2,5,7,11H,3-4,6,8-9,16H2,(H2,17,20);(H,6,7)/b10-5+;/t11-;/m1./s1. The molecule has 0 spiro atoms. The Balaban J connectivity index is 0.000000592.